The zero-order valence-corrected chi connectivity index (χ0v) is 58.3. The quantitative estimate of drug-likeness (QED) is 0.0272. The predicted molar refractivity (Wildman–Crippen MR) is 384 cm³/mol. The Labute approximate surface area is 543 Å². The van der Waals surface area contributed by atoms with Crippen molar-refractivity contribution in [1.29, 1.82) is 0 Å². The molecular weight excluding hydrogens is 1100 g/mol. The van der Waals surface area contributed by atoms with E-state index in [-0.39, 0.29) is 18.9 Å². The van der Waals surface area contributed by atoms with Crippen molar-refractivity contribution in [2.45, 2.75) is 296 Å². The van der Waals surface area contributed by atoms with E-state index in [2.05, 4.69) is 165 Å². The Morgan fingerprint density at radius 1 is 0.409 bits per heavy atom. The summed E-state index contributed by atoms with van der Waals surface area (Å²) in [5.41, 5.74) is 0. The number of carbonyl (C=O) groups excluding carboxylic acids is 1. The summed E-state index contributed by atoms with van der Waals surface area (Å²) in [5.74, 6) is -0.240. The molecule has 0 spiro atoms. The van der Waals surface area contributed by atoms with Crippen LogP contribution in [0, 0.1) is 0 Å². The summed E-state index contributed by atoms with van der Waals surface area (Å²) in [6.07, 6.45) is 105. The summed E-state index contributed by atoms with van der Waals surface area (Å²) in [4.78, 5) is 25.6. The van der Waals surface area contributed by atoms with E-state index in [1.165, 1.54) is 141 Å². The molecular formula is C79H135N2O6P. The molecule has 9 heteroatoms. The Balaban J connectivity index is 4.26. The number of rotatable bonds is 64. The predicted octanol–water partition coefficient (Wildman–Crippen LogP) is 22.7. The highest BCUT2D eigenvalue weighted by molar-refractivity contribution is 7.45. The van der Waals surface area contributed by atoms with E-state index in [0.717, 1.165) is 109 Å². The molecule has 0 aromatic carbocycles. The van der Waals surface area contributed by atoms with Crippen LogP contribution in [0.2, 0.25) is 0 Å². The molecule has 3 unspecified atom stereocenters. The average molecular weight is 1240 g/mol. The Bertz CT molecular complexity index is 1990. The van der Waals surface area contributed by atoms with Gasteiger partial charge in [0.25, 0.3) is 7.82 Å². The molecule has 3 atom stereocenters. The lowest BCUT2D eigenvalue weighted by molar-refractivity contribution is -0.870. The number of allylic oxidation sites excluding steroid dienone is 25. The van der Waals surface area contributed by atoms with Crippen molar-refractivity contribution in [2.75, 3.05) is 40.9 Å². The maximum Gasteiger partial charge on any atom is 0.268 e. The molecule has 0 aliphatic heterocycles. The zero-order chi connectivity index (χ0) is 64.1. The van der Waals surface area contributed by atoms with Crippen molar-refractivity contribution in [3.05, 3.63) is 158 Å². The lowest BCUT2D eigenvalue weighted by Gasteiger charge is -2.29. The fourth-order valence-electron chi connectivity index (χ4n) is 9.69. The van der Waals surface area contributed by atoms with Crippen molar-refractivity contribution in [2.24, 2.45) is 0 Å². The first-order chi connectivity index (χ1) is 43.0. The number of unbranched alkanes of at least 4 members (excludes halogenated alkanes) is 27. The van der Waals surface area contributed by atoms with Gasteiger partial charge in [-0.3, -0.25) is 9.36 Å². The van der Waals surface area contributed by atoms with Crippen LogP contribution < -0.4 is 10.2 Å². The topological polar surface area (TPSA) is 108 Å². The molecule has 8 nitrogen and oxygen atoms in total. The van der Waals surface area contributed by atoms with Gasteiger partial charge >= 0.3 is 0 Å². The van der Waals surface area contributed by atoms with Crippen LogP contribution >= 0.6 is 7.82 Å². The Hall–Kier alpha value is -3.88. The van der Waals surface area contributed by atoms with Gasteiger partial charge in [-0.05, 0) is 122 Å². The van der Waals surface area contributed by atoms with Crippen LogP contribution in [0.25, 0.3) is 0 Å². The number of hydrogen-bond donors (Lipinski definition) is 2. The average Bonchev–Trinajstić information content (AvgIpc) is 3.64. The monoisotopic (exact) mass is 1240 g/mol. The molecule has 0 bridgehead atoms. The number of nitrogens with zero attached hydrogens (tertiary/aromatic N) is 1. The molecule has 0 saturated heterocycles. The van der Waals surface area contributed by atoms with Gasteiger partial charge in [-0.2, -0.15) is 0 Å². The third-order valence-corrected chi connectivity index (χ3v) is 16.2. The van der Waals surface area contributed by atoms with Gasteiger partial charge in [-0.25, -0.2) is 0 Å². The summed E-state index contributed by atoms with van der Waals surface area (Å²) in [6.45, 7) is 4.49. The molecule has 0 aliphatic carbocycles. The summed E-state index contributed by atoms with van der Waals surface area (Å²) in [7, 11) is 1.20. The van der Waals surface area contributed by atoms with Gasteiger partial charge in [-0.15, -0.1) is 0 Å². The molecule has 0 aromatic heterocycles. The molecule has 0 rings (SSSR count). The second kappa shape index (κ2) is 67.5. The summed E-state index contributed by atoms with van der Waals surface area (Å²) in [5, 5.41) is 13.9. The molecule has 502 valence electrons. The van der Waals surface area contributed by atoms with Gasteiger partial charge in [0.05, 0.1) is 39.9 Å². The van der Waals surface area contributed by atoms with E-state index >= 15 is 0 Å². The molecule has 1 amide bonds. The number of likely N-dealkylation sites (N-methyl/N-ethyl adjacent to an activating group) is 1. The first-order valence-electron chi connectivity index (χ1n) is 35.8. The summed E-state index contributed by atoms with van der Waals surface area (Å²) < 4.78 is 23.4. The molecule has 0 fully saturated rings. The number of phosphoric acid groups is 1. The van der Waals surface area contributed by atoms with E-state index in [4.69, 9.17) is 9.05 Å². The normalized spacial score (nSPS) is 14.6. The zero-order valence-electron chi connectivity index (χ0n) is 57.4. The number of carbonyl (C=O) groups is 1. The molecule has 0 aliphatic rings. The van der Waals surface area contributed by atoms with Crippen molar-refractivity contribution in [3.63, 3.8) is 0 Å². The maximum atomic E-state index is 13.0. The summed E-state index contributed by atoms with van der Waals surface area (Å²) in [6, 6.07) is -0.939. The van der Waals surface area contributed by atoms with E-state index < -0.39 is 26.6 Å². The Morgan fingerprint density at radius 2 is 0.705 bits per heavy atom. The number of amides is 1. The molecule has 0 aromatic rings. The van der Waals surface area contributed by atoms with Crippen molar-refractivity contribution in [3.8, 4) is 0 Å². The molecule has 0 saturated carbocycles. The van der Waals surface area contributed by atoms with Crippen molar-refractivity contribution in [1.82, 2.24) is 5.32 Å². The van der Waals surface area contributed by atoms with Gasteiger partial charge in [0, 0.05) is 6.42 Å². The lowest BCUT2D eigenvalue weighted by atomic mass is 10.0. The van der Waals surface area contributed by atoms with Gasteiger partial charge in [0.15, 0.2) is 0 Å². The van der Waals surface area contributed by atoms with Crippen LogP contribution in [0.3, 0.4) is 0 Å². The minimum absolute atomic E-state index is 0.0231. The van der Waals surface area contributed by atoms with Crippen LogP contribution in [0.1, 0.15) is 284 Å². The number of hydrogen-bond acceptors (Lipinski definition) is 6. The minimum atomic E-state index is -4.64. The number of nitrogens with one attached hydrogen (secondary N) is 1. The smallest absolute Gasteiger partial charge is 0.268 e. The van der Waals surface area contributed by atoms with Gasteiger partial charge in [0.2, 0.25) is 5.91 Å². The van der Waals surface area contributed by atoms with Crippen LogP contribution in [0.15, 0.2) is 158 Å². The number of phosphoric ester groups is 1. The first-order valence-corrected chi connectivity index (χ1v) is 37.3. The van der Waals surface area contributed by atoms with Gasteiger partial charge in [0.1, 0.15) is 13.2 Å². The molecule has 0 radical (unpaired) electrons. The number of aliphatic hydroxyl groups is 1. The molecule has 2 N–H and O–H groups in total. The highest BCUT2D eigenvalue weighted by Crippen LogP contribution is 2.38. The Morgan fingerprint density at radius 3 is 1.06 bits per heavy atom. The fraction of sp³-hybridized carbons (Fsp3) is 0.658. The number of quaternary nitrogens is 1. The fourth-order valence-corrected chi connectivity index (χ4v) is 10.4. The Kier molecular flexibility index (Phi) is 64.5. The highest BCUT2D eigenvalue weighted by atomic mass is 31.2. The van der Waals surface area contributed by atoms with Gasteiger partial charge < -0.3 is 28.8 Å². The second-order valence-corrected chi connectivity index (χ2v) is 26.2. The van der Waals surface area contributed by atoms with Crippen molar-refractivity contribution >= 4 is 13.7 Å². The van der Waals surface area contributed by atoms with Crippen LogP contribution in [-0.4, -0.2) is 68.5 Å². The second-order valence-electron chi connectivity index (χ2n) is 24.8. The minimum Gasteiger partial charge on any atom is -0.756 e. The SMILES string of the molecule is CC/C=C\C/C=C\C/C=C\C/C=C\C/C=C\C/C=C\C/C=C\C/C=C\C/C=C\C/C=C\CCCCCCC(=O)NC(COP(=O)([O-])OCC[N+](C)(C)C)C(O)/C=C/CC/C=C/CC/C=C/CCCCCCCCCCCCCCCCCCCCCCC. The standard InChI is InChI=1S/C79H135N2O6P/c1-6-8-10-12-14-16-18-20-22-24-26-28-30-32-34-36-38-39-40-41-43-45-47-49-51-53-55-57-59-61-63-65-67-69-71-73-79(83)80-77(76-87-88(84,85)86-75-74-81(3,4)5)78(82)72-70-68-66-64-62-60-58-56-54-52-50-48-46-44-42-37-35-33-31-29-27-25-23-21-19-17-15-13-11-9-7-2/h8,10,14,16,20,22,26,28,32,34,38-39,41,43,47,49,53-56,59,61-62,64,70,72,77-78,82H,6-7,9,11-13,15,17-19,21,23-25,27,29-31,33,35-37,40,42,44-46,48,50-52,57-58,60,63,65-69,71,73-76H2,1-5H3,(H-,80,83,84,85)/b10-8-,16-14-,22-20-,28-26-,34-32-,39-38-,43-41-,49-47-,55-53-,56-54+,61-59-,64-62+,72-70+. The van der Waals surface area contributed by atoms with E-state index in [9.17, 15) is 19.4 Å². The molecule has 88 heavy (non-hydrogen) atoms. The van der Waals surface area contributed by atoms with Crippen molar-refractivity contribution < 1.29 is 32.9 Å². The third-order valence-electron chi connectivity index (χ3n) is 15.2. The van der Waals surface area contributed by atoms with Gasteiger partial charge in [-0.1, -0.05) is 313 Å². The first kappa shape index (κ1) is 84.1. The van der Waals surface area contributed by atoms with Crippen LogP contribution in [-0.2, 0) is 18.4 Å². The highest BCUT2D eigenvalue weighted by Gasteiger charge is 2.23. The van der Waals surface area contributed by atoms with E-state index in [1.54, 1.807) is 6.08 Å². The van der Waals surface area contributed by atoms with Crippen LogP contribution in [0.4, 0.5) is 0 Å². The van der Waals surface area contributed by atoms with Crippen LogP contribution in [0.5, 0.6) is 0 Å². The van der Waals surface area contributed by atoms with E-state index in [0.29, 0.717) is 23.9 Å². The maximum absolute atomic E-state index is 13.0. The third kappa shape index (κ3) is 69.6. The number of aliphatic hydroxyl groups excluding tert-OH is 1. The lowest BCUT2D eigenvalue weighted by Crippen LogP contribution is -2.45. The molecule has 0 heterocycles. The largest absolute Gasteiger partial charge is 0.756 e. The summed E-state index contributed by atoms with van der Waals surface area (Å²) >= 11 is 0. The van der Waals surface area contributed by atoms with E-state index in [1.807, 2.05) is 27.2 Å².